The van der Waals surface area contributed by atoms with Gasteiger partial charge in [-0.05, 0) is 43.8 Å². The van der Waals surface area contributed by atoms with Gasteiger partial charge >= 0.3 is 0 Å². The number of benzene rings is 1. The average molecular weight is 420 g/mol. The topological polar surface area (TPSA) is 92.7 Å². The van der Waals surface area contributed by atoms with Crippen molar-refractivity contribution >= 4 is 23.1 Å². The van der Waals surface area contributed by atoms with Gasteiger partial charge in [-0.2, -0.15) is 9.78 Å². The Morgan fingerprint density at radius 3 is 2.60 bits per heavy atom. The highest BCUT2D eigenvalue weighted by Gasteiger charge is 2.17. The van der Waals surface area contributed by atoms with Gasteiger partial charge in [0.15, 0.2) is 0 Å². The van der Waals surface area contributed by atoms with Crippen molar-refractivity contribution in [3.05, 3.63) is 80.6 Å². The molecule has 0 unspecified atom stereocenters. The third-order valence-corrected chi connectivity index (χ3v) is 5.45. The fraction of sp³-hybridized carbons (Fsp3) is 0.182. The lowest BCUT2D eigenvalue weighted by molar-refractivity contribution is 0.102. The van der Waals surface area contributed by atoms with Crippen LogP contribution in [0.3, 0.4) is 0 Å². The molecule has 0 aliphatic rings. The number of carbonyl (C=O) groups is 1. The normalized spacial score (nSPS) is 10.9. The molecular formula is C22H21N5O2S. The van der Waals surface area contributed by atoms with Crippen LogP contribution in [0.5, 0.6) is 0 Å². The van der Waals surface area contributed by atoms with Gasteiger partial charge in [0.25, 0.3) is 11.5 Å². The Bertz CT molecular complexity index is 1250. The molecule has 0 bridgehead atoms. The molecular weight excluding hydrogens is 398 g/mol. The molecule has 0 atom stereocenters. The Balaban J connectivity index is 1.79. The van der Waals surface area contributed by atoms with E-state index >= 15 is 0 Å². The van der Waals surface area contributed by atoms with Crippen LogP contribution in [0.2, 0.25) is 0 Å². The van der Waals surface area contributed by atoms with Gasteiger partial charge in [0.2, 0.25) is 5.95 Å². The number of hydrogen-bond acceptors (Lipinski definition) is 5. The van der Waals surface area contributed by atoms with Crippen molar-refractivity contribution in [2.45, 2.75) is 27.2 Å². The molecule has 0 aliphatic carbocycles. The van der Waals surface area contributed by atoms with Crippen LogP contribution in [0.15, 0.2) is 52.6 Å². The van der Waals surface area contributed by atoms with Crippen LogP contribution in [-0.2, 0) is 6.42 Å². The van der Waals surface area contributed by atoms with Crippen molar-refractivity contribution in [2.75, 3.05) is 5.32 Å². The summed E-state index contributed by atoms with van der Waals surface area (Å²) in [4.78, 5) is 33.2. The minimum Gasteiger partial charge on any atom is -0.306 e. The number of aromatic amines is 1. The van der Waals surface area contributed by atoms with Crippen LogP contribution in [0.1, 0.15) is 34.1 Å². The molecule has 1 aromatic carbocycles. The van der Waals surface area contributed by atoms with Gasteiger partial charge in [0.05, 0.1) is 4.88 Å². The van der Waals surface area contributed by atoms with E-state index in [1.165, 1.54) is 10.7 Å². The zero-order chi connectivity index (χ0) is 21.3. The SMILES string of the molecule is CCc1cc(=O)[nH]c(-n2nc(-c3cccs3)cc2NC(=O)c2cc(C)cc(C)c2)n1. The van der Waals surface area contributed by atoms with Gasteiger partial charge in [0, 0.05) is 23.4 Å². The Morgan fingerprint density at radius 1 is 1.17 bits per heavy atom. The largest absolute Gasteiger partial charge is 0.306 e. The summed E-state index contributed by atoms with van der Waals surface area (Å²) in [5, 5.41) is 9.48. The van der Waals surface area contributed by atoms with Crippen LogP contribution in [0, 0.1) is 13.8 Å². The highest BCUT2D eigenvalue weighted by atomic mass is 32.1. The number of aryl methyl sites for hydroxylation is 3. The van der Waals surface area contributed by atoms with Gasteiger partial charge < -0.3 is 5.32 Å². The number of thiophene rings is 1. The average Bonchev–Trinajstić information content (AvgIpc) is 3.36. The van der Waals surface area contributed by atoms with Gasteiger partial charge in [-0.3, -0.25) is 14.6 Å². The van der Waals surface area contributed by atoms with Crippen LogP contribution in [-0.4, -0.2) is 25.7 Å². The number of nitrogens with one attached hydrogen (secondary N) is 2. The van der Waals surface area contributed by atoms with E-state index in [0.717, 1.165) is 16.0 Å². The van der Waals surface area contributed by atoms with E-state index in [0.29, 0.717) is 29.2 Å². The monoisotopic (exact) mass is 419 g/mol. The smallest absolute Gasteiger partial charge is 0.256 e. The number of amides is 1. The summed E-state index contributed by atoms with van der Waals surface area (Å²) in [6, 6.07) is 12.8. The Kier molecular flexibility index (Phi) is 5.33. The first-order valence-corrected chi connectivity index (χ1v) is 10.4. The quantitative estimate of drug-likeness (QED) is 0.509. The molecule has 2 N–H and O–H groups in total. The van der Waals surface area contributed by atoms with Crippen molar-refractivity contribution in [3.63, 3.8) is 0 Å². The Labute approximate surface area is 177 Å². The minimum absolute atomic E-state index is 0.255. The molecule has 1 amide bonds. The molecule has 0 spiro atoms. The summed E-state index contributed by atoms with van der Waals surface area (Å²) < 4.78 is 1.47. The first kappa shape index (κ1) is 19.8. The molecule has 152 valence electrons. The molecule has 3 heterocycles. The molecule has 0 fully saturated rings. The zero-order valence-electron chi connectivity index (χ0n) is 16.9. The van der Waals surface area contributed by atoms with Crippen LogP contribution < -0.4 is 10.9 Å². The van der Waals surface area contributed by atoms with E-state index in [2.05, 4.69) is 20.4 Å². The molecule has 0 radical (unpaired) electrons. The third kappa shape index (κ3) is 4.08. The van der Waals surface area contributed by atoms with E-state index in [1.54, 1.807) is 17.4 Å². The minimum atomic E-state index is -0.267. The fourth-order valence-electron chi connectivity index (χ4n) is 3.25. The Hall–Kier alpha value is -3.52. The second kappa shape index (κ2) is 8.08. The van der Waals surface area contributed by atoms with Crippen molar-refractivity contribution in [1.82, 2.24) is 19.7 Å². The molecule has 0 aliphatic heterocycles. The predicted octanol–water partition coefficient (Wildman–Crippen LogP) is 4.12. The molecule has 30 heavy (non-hydrogen) atoms. The zero-order valence-corrected chi connectivity index (χ0v) is 17.7. The molecule has 4 rings (SSSR count). The lowest BCUT2D eigenvalue weighted by Gasteiger charge is -2.09. The summed E-state index contributed by atoms with van der Waals surface area (Å²) in [5.74, 6) is 0.437. The number of H-pyrrole nitrogens is 1. The standard InChI is InChI=1S/C22H21N5O2S/c1-4-16-11-20(28)25-22(23-16)27-19(12-17(26-27)18-6-5-7-30-18)24-21(29)15-9-13(2)8-14(3)10-15/h5-12H,4H2,1-3H3,(H,24,29)(H,23,25,28). The van der Waals surface area contributed by atoms with Gasteiger partial charge in [-0.1, -0.05) is 30.2 Å². The maximum absolute atomic E-state index is 12.9. The van der Waals surface area contributed by atoms with Crippen molar-refractivity contribution in [3.8, 4) is 16.5 Å². The summed E-state index contributed by atoms with van der Waals surface area (Å²) in [6.45, 7) is 5.83. The van der Waals surface area contributed by atoms with Crippen molar-refractivity contribution in [2.24, 2.45) is 0 Å². The molecule has 0 saturated carbocycles. The van der Waals surface area contributed by atoms with E-state index < -0.39 is 0 Å². The summed E-state index contributed by atoms with van der Waals surface area (Å²) >= 11 is 1.54. The van der Waals surface area contributed by atoms with E-state index in [-0.39, 0.29) is 17.4 Å². The van der Waals surface area contributed by atoms with Crippen molar-refractivity contribution in [1.29, 1.82) is 0 Å². The highest BCUT2D eigenvalue weighted by Crippen LogP contribution is 2.27. The van der Waals surface area contributed by atoms with E-state index in [9.17, 15) is 9.59 Å². The number of anilines is 1. The number of hydrogen-bond donors (Lipinski definition) is 2. The first-order chi connectivity index (χ1) is 14.4. The van der Waals surface area contributed by atoms with E-state index in [4.69, 9.17) is 0 Å². The third-order valence-electron chi connectivity index (χ3n) is 4.55. The van der Waals surface area contributed by atoms with Crippen LogP contribution in [0.25, 0.3) is 16.5 Å². The van der Waals surface area contributed by atoms with Gasteiger partial charge in [-0.25, -0.2) is 4.98 Å². The molecule has 8 heteroatoms. The maximum atomic E-state index is 12.9. The molecule has 0 saturated heterocycles. The number of nitrogens with zero attached hydrogens (tertiary/aromatic N) is 3. The van der Waals surface area contributed by atoms with Gasteiger partial charge in [-0.15, -0.1) is 11.3 Å². The lowest BCUT2D eigenvalue weighted by atomic mass is 10.1. The van der Waals surface area contributed by atoms with Gasteiger partial charge in [0.1, 0.15) is 11.5 Å². The highest BCUT2D eigenvalue weighted by molar-refractivity contribution is 7.13. The van der Waals surface area contributed by atoms with Crippen molar-refractivity contribution < 1.29 is 4.79 Å². The number of rotatable bonds is 5. The molecule has 7 nitrogen and oxygen atoms in total. The van der Waals surface area contributed by atoms with E-state index in [1.807, 2.05) is 56.5 Å². The second-order valence-corrected chi connectivity index (χ2v) is 8.00. The maximum Gasteiger partial charge on any atom is 0.256 e. The molecule has 4 aromatic rings. The molecule has 3 aromatic heterocycles. The Morgan fingerprint density at radius 2 is 1.93 bits per heavy atom. The summed E-state index contributed by atoms with van der Waals surface area (Å²) in [5.41, 5.74) is 3.64. The number of aromatic nitrogens is 4. The fourth-order valence-corrected chi connectivity index (χ4v) is 3.93. The predicted molar refractivity (Wildman–Crippen MR) is 119 cm³/mol. The first-order valence-electron chi connectivity index (χ1n) is 9.57. The second-order valence-electron chi connectivity index (χ2n) is 7.05. The summed E-state index contributed by atoms with van der Waals surface area (Å²) in [6.07, 6.45) is 0.611. The van der Waals surface area contributed by atoms with Crippen LogP contribution >= 0.6 is 11.3 Å². The van der Waals surface area contributed by atoms with Crippen LogP contribution in [0.4, 0.5) is 5.82 Å². The number of carbonyl (C=O) groups excluding carboxylic acids is 1. The summed E-state index contributed by atoms with van der Waals surface area (Å²) in [7, 11) is 0. The lowest BCUT2D eigenvalue weighted by Crippen LogP contribution is -2.19.